The highest BCUT2D eigenvalue weighted by Gasteiger charge is 2.29. The predicted molar refractivity (Wildman–Crippen MR) is 57.7 cm³/mol. The molecule has 0 saturated heterocycles. The molecule has 1 aliphatic carbocycles. The van der Waals surface area contributed by atoms with Crippen LogP contribution in [-0.4, -0.2) is 15.9 Å². The second-order valence-corrected chi connectivity index (χ2v) is 6.13. The molecule has 0 unspecified atom stereocenters. The van der Waals surface area contributed by atoms with E-state index >= 15 is 0 Å². The van der Waals surface area contributed by atoms with Crippen molar-refractivity contribution in [3.05, 3.63) is 11.4 Å². The summed E-state index contributed by atoms with van der Waals surface area (Å²) in [7, 11) is -2.67. The molecule has 76 valence electrons. The first kappa shape index (κ1) is 11.2. The molecule has 0 aliphatic heterocycles. The molecule has 0 aromatic carbocycles. The molecule has 1 fully saturated rings. The second-order valence-electron chi connectivity index (χ2n) is 3.86. The minimum Gasteiger partial charge on any atom is -0.215 e. The summed E-state index contributed by atoms with van der Waals surface area (Å²) < 4.78 is 0. The molecule has 2 N–H and O–H groups in total. The van der Waals surface area contributed by atoms with Gasteiger partial charge in [0, 0.05) is 0 Å². The normalized spacial score (nSPS) is 18.8. The highest BCUT2D eigenvalue weighted by atomic mass is 31.2. The van der Waals surface area contributed by atoms with Gasteiger partial charge in [0.05, 0.1) is 0 Å². The van der Waals surface area contributed by atoms with Crippen LogP contribution in [0.15, 0.2) is 11.4 Å². The molecule has 2 nitrogen and oxygen atoms in total. The van der Waals surface area contributed by atoms with Crippen LogP contribution in [0.2, 0.25) is 0 Å². The van der Waals surface area contributed by atoms with Crippen LogP contribution in [0.4, 0.5) is 0 Å². The molecule has 1 aliphatic rings. The predicted octanol–water partition coefficient (Wildman–Crippen LogP) is 3.08. The van der Waals surface area contributed by atoms with Crippen molar-refractivity contribution in [2.24, 2.45) is 0 Å². The molecular formula is C10H20O2P+. The first-order chi connectivity index (χ1) is 6.14. The number of hydrogen-bond acceptors (Lipinski definition) is 2. The summed E-state index contributed by atoms with van der Waals surface area (Å²) in [5, 5.41) is 0. The summed E-state index contributed by atoms with van der Waals surface area (Å²) >= 11 is 0. The van der Waals surface area contributed by atoms with Crippen molar-refractivity contribution in [1.29, 1.82) is 0 Å². The van der Waals surface area contributed by atoms with E-state index in [9.17, 15) is 9.79 Å². The van der Waals surface area contributed by atoms with Gasteiger partial charge in [0.2, 0.25) is 0 Å². The van der Waals surface area contributed by atoms with Crippen LogP contribution in [0.1, 0.15) is 45.4 Å². The largest absolute Gasteiger partial charge is 0.292 e. The zero-order chi connectivity index (χ0) is 9.73. The van der Waals surface area contributed by atoms with Crippen LogP contribution in [0.5, 0.6) is 0 Å². The van der Waals surface area contributed by atoms with E-state index in [0.717, 1.165) is 19.3 Å². The van der Waals surface area contributed by atoms with E-state index in [1.807, 2.05) is 6.92 Å². The van der Waals surface area contributed by atoms with Gasteiger partial charge < -0.3 is 0 Å². The molecule has 0 spiro atoms. The Labute approximate surface area is 81.2 Å². The smallest absolute Gasteiger partial charge is 0.215 e. The Morgan fingerprint density at radius 2 is 1.85 bits per heavy atom. The standard InChI is InChI=1S/C10H20O2P/c1-2-8-13(11,12)9-10-6-4-3-5-7-10/h9,11-12H,2-8H2,1H3/q+1. The van der Waals surface area contributed by atoms with Crippen LogP contribution >= 0.6 is 7.72 Å². The lowest BCUT2D eigenvalue weighted by Crippen LogP contribution is -1.98. The molecule has 0 atom stereocenters. The molecule has 0 heterocycles. The zero-order valence-electron chi connectivity index (χ0n) is 8.37. The van der Waals surface area contributed by atoms with E-state index in [0.29, 0.717) is 6.16 Å². The first-order valence-corrected chi connectivity index (χ1v) is 7.13. The lowest BCUT2D eigenvalue weighted by molar-refractivity contribution is 0.460. The van der Waals surface area contributed by atoms with Gasteiger partial charge in [-0.25, -0.2) is 9.79 Å². The highest BCUT2D eigenvalue weighted by molar-refractivity contribution is 7.67. The van der Waals surface area contributed by atoms with Crippen molar-refractivity contribution in [2.45, 2.75) is 45.4 Å². The maximum absolute atomic E-state index is 9.66. The van der Waals surface area contributed by atoms with E-state index in [1.165, 1.54) is 24.8 Å². The van der Waals surface area contributed by atoms with E-state index in [-0.39, 0.29) is 0 Å². The Hall–Kier alpha value is 0.0900. The maximum atomic E-state index is 9.66. The third kappa shape index (κ3) is 4.21. The van der Waals surface area contributed by atoms with Crippen LogP contribution < -0.4 is 0 Å². The monoisotopic (exact) mass is 203 g/mol. The Kier molecular flexibility index (Phi) is 4.37. The van der Waals surface area contributed by atoms with Crippen LogP contribution in [0.25, 0.3) is 0 Å². The zero-order valence-corrected chi connectivity index (χ0v) is 9.26. The van der Waals surface area contributed by atoms with Gasteiger partial charge in [-0.05, 0) is 37.7 Å². The Balaban J connectivity index is 2.50. The highest BCUT2D eigenvalue weighted by Crippen LogP contribution is 2.53. The third-order valence-corrected chi connectivity index (χ3v) is 4.32. The molecular weight excluding hydrogens is 183 g/mol. The second kappa shape index (κ2) is 5.09. The number of allylic oxidation sites excluding steroid dienone is 1. The van der Waals surface area contributed by atoms with Crippen molar-refractivity contribution in [3.63, 3.8) is 0 Å². The lowest BCUT2D eigenvalue weighted by Gasteiger charge is -2.14. The average Bonchev–Trinajstić information content (AvgIpc) is 2.04. The van der Waals surface area contributed by atoms with E-state index in [4.69, 9.17) is 0 Å². The fourth-order valence-electron chi connectivity index (χ4n) is 1.82. The molecule has 0 amide bonds. The quantitative estimate of drug-likeness (QED) is 0.692. The van der Waals surface area contributed by atoms with Crippen LogP contribution in [0, 0.1) is 0 Å². The van der Waals surface area contributed by atoms with E-state index < -0.39 is 7.72 Å². The molecule has 1 rings (SSSR count). The number of rotatable bonds is 3. The molecule has 0 bridgehead atoms. The molecule has 0 aromatic heterocycles. The van der Waals surface area contributed by atoms with Gasteiger partial charge in [-0.2, -0.15) is 0 Å². The lowest BCUT2D eigenvalue weighted by atomic mass is 9.96. The summed E-state index contributed by atoms with van der Waals surface area (Å²) in [5.41, 5.74) is 1.28. The number of hydrogen-bond donors (Lipinski definition) is 2. The fraction of sp³-hybridized carbons (Fsp3) is 0.800. The minimum absolute atomic E-state index is 0.552. The van der Waals surface area contributed by atoms with Crippen LogP contribution in [0.3, 0.4) is 0 Å². The van der Waals surface area contributed by atoms with Gasteiger partial charge >= 0.3 is 0 Å². The summed E-state index contributed by atoms with van der Waals surface area (Å²) in [5.74, 6) is 1.77. The molecule has 13 heavy (non-hydrogen) atoms. The molecule has 3 heteroatoms. The topological polar surface area (TPSA) is 40.5 Å². The van der Waals surface area contributed by atoms with Crippen molar-refractivity contribution < 1.29 is 9.79 Å². The summed E-state index contributed by atoms with van der Waals surface area (Å²) in [6.07, 6.45) is 7.30. The Morgan fingerprint density at radius 3 is 2.38 bits per heavy atom. The Morgan fingerprint density at radius 1 is 1.23 bits per heavy atom. The van der Waals surface area contributed by atoms with Gasteiger partial charge in [-0.1, -0.05) is 13.3 Å². The van der Waals surface area contributed by atoms with Gasteiger partial charge in [0.15, 0.2) is 0 Å². The fourth-order valence-corrected chi connectivity index (χ4v) is 3.45. The van der Waals surface area contributed by atoms with Crippen molar-refractivity contribution in [2.75, 3.05) is 6.16 Å². The molecule has 1 saturated carbocycles. The van der Waals surface area contributed by atoms with Gasteiger partial charge in [-0.15, -0.1) is 0 Å². The molecule has 0 radical (unpaired) electrons. The SMILES string of the molecule is CCC[P+](O)(O)C=C1CCCCC1. The van der Waals surface area contributed by atoms with Gasteiger partial charge in [0.1, 0.15) is 12.0 Å². The van der Waals surface area contributed by atoms with Crippen LogP contribution in [-0.2, 0) is 0 Å². The summed E-state index contributed by atoms with van der Waals surface area (Å²) in [4.78, 5) is 19.3. The van der Waals surface area contributed by atoms with Crippen molar-refractivity contribution in [1.82, 2.24) is 0 Å². The van der Waals surface area contributed by atoms with Gasteiger partial charge in [0.25, 0.3) is 7.72 Å². The summed E-state index contributed by atoms with van der Waals surface area (Å²) in [6, 6.07) is 0. The minimum atomic E-state index is -2.67. The van der Waals surface area contributed by atoms with E-state index in [2.05, 4.69) is 0 Å². The van der Waals surface area contributed by atoms with E-state index in [1.54, 1.807) is 5.82 Å². The molecule has 0 aromatic rings. The third-order valence-electron chi connectivity index (χ3n) is 2.44. The Bertz CT molecular complexity index is 179. The van der Waals surface area contributed by atoms with Crippen molar-refractivity contribution in [3.8, 4) is 0 Å². The maximum Gasteiger partial charge on any atom is 0.292 e. The van der Waals surface area contributed by atoms with Gasteiger partial charge in [-0.3, -0.25) is 0 Å². The average molecular weight is 203 g/mol. The first-order valence-electron chi connectivity index (χ1n) is 5.18. The van der Waals surface area contributed by atoms with Crippen molar-refractivity contribution >= 4 is 7.72 Å². The summed E-state index contributed by atoms with van der Waals surface area (Å²) in [6.45, 7) is 1.99.